The molecule has 1 N–H and O–H groups in total. The van der Waals surface area contributed by atoms with Gasteiger partial charge in [0.1, 0.15) is 0 Å². The van der Waals surface area contributed by atoms with E-state index in [1.165, 1.54) is 19.3 Å². The third-order valence-corrected chi connectivity index (χ3v) is 5.91. The monoisotopic (exact) mass is 260 g/mol. The minimum Gasteiger partial charge on any atom is -0.313 e. The molecule has 1 heterocycles. The number of rotatable bonds is 6. The van der Waals surface area contributed by atoms with Gasteiger partial charge in [-0.2, -0.15) is 4.31 Å². The highest BCUT2D eigenvalue weighted by atomic mass is 32.2. The van der Waals surface area contributed by atoms with Crippen LogP contribution in [0.1, 0.15) is 39.5 Å². The van der Waals surface area contributed by atoms with Crippen molar-refractivity contribution in [1.82, 2.24) is 9.62 Å². The van der Waals surface area contributed by atoms with Crippen molar-refractivity contribution in [3.63, 3.8) is 0 Å². The Bertz CT molecular complexity index is 344. The lowest BCUT2D eigenvalue weighted by atomic mass is 10.2. The molecule has 2 rings (SSSR count). The predicted molar refractivity (Wildman–Crippen MR) is 69.4 cm³/mol. The van der Waals surface area contributed by atoms with Gasteiger partial charge in [-0.25, -0.2) is 8.42 Å². The maximum atomic E-state index is 12.3. The molecule has 1 saturated heterocycles. The van der Waals surface area contributed by atoms with Gasteiger partial charge < -0.3 is 5.32 Å². The molecule has 17 heavy (non-hydrogen) atoms. The highest BCUT2D eigenvalue weighted by molar-refractivity contribution is 7.89. The highest BCUT2D eigenvalue weighted by Gasteiger charge is 2.34. The first-order valence-electron chi connectivity index (χ1n) is 6.72. The van der Waals surface area contributed by atoms with Gasteiger partial charge in [-0.3, -0.25) is 0 Å². The maximum Gasteiger partial charge on any atom is 0.216 e. The molecule has 2 fully saturated rings. The van der Waals surface area contributed by atoms with E-state index < -0.39 is 10.0 Å². The molecule has 0 aromatic carbocycles. The van der Waals surface area contributed by atoms with Crippen molar-refractivity contribution in [2.75, 3.05) is 19.6 Å². The number of hydrogen-bond donors (Lipinski definition) is 1. The lowest BCUT2D eigenvalue weighted by Gasteiger charge is -2.27. The molecule has 0 spiro atoms. The molecule has 0 radical (unpaired) electrons. The number of nitrogens with zero attached hydrogens (tertiary/aromatic N) is 1. The van der Waals surface area contributed by atoms with E-state index in [1.54, 1.807) is 18.2 Å². The first-order valence-corrected chi connectivity index (χ1v) is 8.23. The molecule has 0 aromatic heterocycles. The second-order valence-corrected chi connectivity index (χ2v) is 8.14. The molecule has 2 aliphatic rings. The standard InChI is InChI=1S/C12H24N2O2S/c1-10(2)17(15,16)14(8-11-5-6-11)9-12-4-3-7-13-12/h10-13H,3-9H2,1-2H3. The third-order valence-electron chi connectivity index (χ3n) is 3.70. The fraction of sp³-hybridized carbons (Fsp3) is 1.00. The molecule has 4 nitrogen and oxygen atoms in total. The van der Waals surface area contributed by atoms with Crippen LogP contribution in [0.3, 0.4) is 0 Å². The first-order chi connectivity index (χ1) is 8.00. The second kappa shape index (κ2) is 5.24. The van der Waals surface area contributed by atoms with Crippen molar-refractivity contribution in [2.45, 2.75) is 50.8 Å². The zero-order valence-corrected chi connectivity index (χ0v) is 11.7. The topological polar surface area (TPSA) is 49.4 Å². The van der Waals surface area contributed by atoms with Crippen molar-refractivity contribution in [1.29, 1.82) is 0 Å². The Kier molecular flexibility index (Phi) is 4.10. The summed E-state index contributed by atoms with van der Waals surface area (Å²) in [5.74, 6) is 0.616. The summed E-state index contributed by atoms with van der Waals surface area (Å²) in [5.41, 5.74) is 0. The third kappa shape index (κ3) is 3.42. The van der Waals surface area contributed by atoms with E-state index in [0.29, 0.717) is 18.5 Å². The Morgan fingerprint density at radius 2 is 1.94 bits per heavy atom. The normalized spacial score (nSPS) is 26.0. The van der Waals surface area contributed by atoms with Crippen LogP contribution in [0.2, 0.25) is 0 Å². The van der Waals surface area contributed by atoms with Crippen LogP contribution in [0, 0.1) is 5.92 Å². The molecule has 1 aliphatic carbocycles. The fourth-order valence-electron chi connectivity index (χ4n) is 2.33. The van der Waals surface area contributed by atoms with Crippen molar-refractivity contribution >= 4 is 10.0 Å². The first kappa shape index (κ1) is 13.3. The molecule has 0 bridgehead atoms. The molecule has 0 amide bonds. The van der Waals surface area contributed by atoms with E-state index in [1.807, 2.05) is 0 Å². The zero-order valence-electron chi connectivity index (χ0n) is 10.9. The molecule has 1 saturated carbocycles. The average molecular weight is 260 g/mol. The van der Waals surface area contributed by atoms with Gasteiger partial charge in [-0.1, -0.05) is 0 Å². The van der Waals surface area contributed by atoms with Crippen LogP contribution < -0.4 is 5.32 Å². The predicted octanol–water partition coefficient (Wildman–Crippen LogP) is 1.19. The maximum absolute atomic E-state index is 12.3. The van der Waals surface area contributed by atoms with Crippen LogP contribution in [-0.2, 0) is 10.0 Å². The van der Waals surface area contributed by atoms with E-state index in [-0.39, 0.29) is 5.25 Å². The van der Waals surface area contributed by atoms with Gasteiger partial charge in [0.05, 0.1) is 5.25 Å². The van der Waals surface area contributed by atoms with Gasteiger partial charge in [0.2, 0.25) is 10.0 Å². The zero-order chi connectivity index (χ0) is 12.5. The van der Waals surface area contributed by atoms with Gasteiger partial charge in [0.15, 0.2) is 0 Å². The van der Waals surface area contributed by atoms with Crippen LogP contribution >= 0.6 is 0 Å². The number of hydrogen-bond acceptors (Lipinski definition) is 3. The second-order valence-electron chi connectivity index (χ2n) is 5.65. The van der Waals surface area contributed by atoms with Crippen LogP contribution in [0.5, 0.6) is 0 Å². The Labute approximate surface area is 105 Å². The summed E-state index contributed by atoms with van der Waals surface area (Å²) >= 11 is 0. The van der Waals surface area contributed by atoms with Crippen LogP contribution in [0.4, 0.5) is 0 Å². The van der Waals surface area contributed by atoms with E-state index in [9.17, 15) is 8.42 Å². The van der Waals surface area contributed by atoms with E-state index in [2.05, 4.69) is 5.32 Å². The van der Waals surface area contributed by atoms with Gasteiger partial charge in [0, 0.05) is 19.1 Å². The van der Waals surface area contributed by atoms with Crippen LogP contribution in [-0.4, -0.2) is 43.6 Å². The highest BCUT2D eigenvalue weighted by Crippen LogP contribution is 2.31. The van der Waals surface area contributed by atoms with Crippen LogP contribution in [0.25, 0.3) is 0 Å². The lowest BCUT2D eigenvalue weighted by molar-refractivity contribution is 0.355. The van der Waals surface area contributed by atoms with E-state index >= 15 is 0 Å². The van der Waals surface area contributed by atoms with Crippen molar-refractivity contribution in [2.24, 2.45) is 5.92 Å². The van der Waals surface area contributed by atoms with Crippen molar-refractivity contribution in [3.8, 4) is 0 Å². The molecule has 1 aliphatic heterocycles. The van der Waals surface area contributed by atoms with E-state index in [0.717, 1.165) is 19.5 Å². The largest absolute Gasteiger partial charge is 0.313 e. The molecular formula is C12H24N2O2S. The molecule has 1 atom stereocenters. The molecule has 5 heteroatoms. The summed E-state index contributed by atoms with van der Waals surface area (Å²) in [6, 6.07) is 0.363. The number of sulfonamides is 1. The Morgan fingerprint density at radius 1 is 1.24 bits per heavy atom. The quantitative estimate of drug-likeness (QED) is 0.780. The van der Waals surface area contributed by atoms with Crippen molar-refractivity contribution in [3.05, 3.63) is 0 Å². The lowest BCUT2D eigenvalue weighted by Crippen LogP contribution is -2.44. The van der Waals surface area contributed by atoms with E-state index in [4.69, 9.17) is 0 Å². The van der Waals surface area contributed by atoms with Gasteiger partial charge in [0.25, 0.3) is 0 Å². The summed E-state index contributed by atoms with van der Waals surface area (Å²) < 4.78 is 26.3. The Hall–Kier alpha value is -0.130. The minimum absolute atomic E-state index is 0.303. The molecule has 0 aromatic rings. The fourth-order valence-corrected chi connectivity index (χ4v) is 3.73. The molecule has 100 valence electrons. The van der Waals surface area contributed by atoms with Gasteiger partial charge >= 0.3 is 0 Å². The number of nitrogens with one attached hydrogen (secondary N) is 1. The Balaban J connectivity index is 2.00. The summed E-state index contributed by atoms with van der Waals surface area (Å²) in [6.45, 7) is 5.98. The molecular weight excluding hydrogens is 236 g/mol. The van der Waals surface area contributed by atoms with Crippen molar-refractivity contribution < 1.29 is 8.42 Å². The Morgan fingerprint density at radius 3 is 2.41 bits per heavy atom. The van der Waals surface area contributed by atoms with Gasteiger partial charge in [-0.05, 0) is 52.0 Å². The summed E-state index contributed by atoms with van der Waals surface area (Å²) in [7, 11) is -3.09. The molecule has 1 unspecified atom stereocenters. The average Bonchev–Trinajstić information content (AvgIpc) is 2.92. The summed E-state index contributed by atoms with van der Waals surface area (Å²) in [6.07, 6.45) is 4.67. The smallest absolute Gasteiger partial charge is 0.216 e. The summed E-state index contributed by atoms with van der Waals surface area (Å²) in [5, 5.41) is 3.08. The van der Waals surface area contributed by atoms with Crippen LogP contribution in [0.15, 0.2) is 0 Å². The SMILES string of the molecule is CC(C)S(=O)(=O)N(CC1CC1)CC1CCCN1. The minimum atomic E-state index is -3.09. The van der Waals surface area contributed by atoms with Gasteiger partial charge in [-0.15, -0.1) is 0 Å². The summed E-state index contributed by atoms with van der Waals surface area (Å²) in [4.78, 5) is 0.